The number of nitrogens with one attached hydrogen (secondary N) is 1. The molecule has 4 aromatic rings. The monoisotopic (exact) mass is 385 g/mol. The fourth-order valence-corrected chi connectivity index (χ4v) is 3.06. The highest BCUT2D eigenvalue weighted by Gasteiger charge is 2.15. The smallest absolute Gasteiger partial charge is 0.379 e. The van der Waals surface area contributed by atoms with Crippen molar-refractivity contribution in [3.63, 3.8) is 0 Å². The van der Waals surface area contributed by atoms with Crippen LogP contribution in [0.15, 0.2) is 77.2 Å². The lowest BCUT2D eigenvalue weighted by Gasteiger charge is -2.09. The Morgan fingerprint density at radius 1 is 0.897 bits per heavy atom. The van der Waals surface area contributed by atoms with Crippen molar-refractivity contribution in [2.75, 3.05) is 5.32 Å². The fraction of sp³-hybridized carbons (Fsp3) is 0.0833. The molecular formula is C24H19NO4. The SMILES string of the molecule is Cc1ccc(NC(=O)c2ccc(OC(=O)c3cc4ccccc4o3)cc2)c(C)c1. The number of benzene rings is 3. The Labute approximate surface area is 167 Å². The molecule has 5 heteroatoms. The third-order valence-corrected chi connectivity index (χ3v) is 4.58. The predicted molar refractivity (Wildman–Crippen MR) is 111 cm³/mol. The lowest BCUT2D eigenvalue weighted by atomic mass is 10.1. The van der Waals surface area contributed by atoms with Crippen molar-refractivity contribution in [3.05, 3.63) is 95.2 Å². The Bertz CT molecular complexity index is 1170. The minimum Gasteiger partial charge on any atom is -0.449 e. The summed E-state index contributed by atoms with van der Waals surface area (Å²) in [6.07, 6.45) is 0. The molecule has 0 unspecified atom stereocenters. The molecule has 1 amide bonds. The summed E-state index contributed by atoms with van der Waals surface area (Å²) in [5.74, 6) is -0.359. The molecule has 0 radical (unpaired) electrons. The highest BCUT2D eigenvalue weighted by molar-refractivity contribution is 6.04. The molecule has 0 atom stereocenters. The molecule has 144 valence electrons. The first-order valence-corrected chi connectivity index (χ1v) is 9.19. The third kappa shape index (κ3) is 4.04. The number of amides is 1. The van der Waals surface area contributed by atoms with Gasteiger partial charge in [-0.15, -0.1) is 0 Å². The van der Waals surface area contributed by atoms with Crippen molar-refractivity contribution in [2.45, 2.75) is 13.8 Å². The normalized spacial score (nSPS) is 10.7. The average molecular weight is 385 g/mol. The van der Waals surface area contributed by atoms with Crippen LogP contribution in [0.4, 0.5) is 5.69 Å². The summed E-state index contributed by atoms with van der Waals surface area (Å²) in [4.78, 5) is 24.8. The first kappa shape index (κ1) is 18.5. The molecule has 1 aromatic heterocycles. The third-order valence-electron chi connectivity index (χ3n) is 4.58. The maximum Gasteiger partial charge on any atom is 0.379 e. The lowest BCUT2D eigenvalue weighted by Crippen LogP contribution is -2.13. The molecule has 3 aromatic carbocycles. The number of para-hydroxylation sites is 1. The summed E-state index contributed by atoms with van der Waals surface area (Å²) < 4.78 is 10.9. The van der Waals surface area contributed by atoms with Gasteiger partial charge in [-0.25, -0.2) is 4.79 Å². The number of aryl methyl sites for hydroxylation is 2. The molecule has 0 aliphatic heterocycles. The summed E-state index contributed by atoms with van der Waals surface area (Å²) in [6, 6.07) is 21.2. The quantitative estimate of drug-likeness (QED) is 0.371. The van der Waals surface area contributed by atoms with E-state index in [1.165, 1.54) is 0 Å². The van der Waals surface area contributed by atoms with E-state index in [9.17, 15) is 9.59 Å². The number of fused-ring (bicyclic) bond motifs is 1. The maximum atomic E-state index is 12.5. The van der Waals surface area contributed by atoms with Crippen LogP contribution in [-0.4, -0.2) is 11.9 Å². The predicted octanol–water partition coefficient (Wildman–Crippen LogP) is 5.52. The van der Waals surface area contributed by atoms with Gasteiger partial charge >= 0.3 is 5.97 Å². The molecule has 0 spiro atoms. The first-order chi connectivity index (χ1) is 14.0. The number of furan rings is 1. The second-order valence-corrected chi connectivity index (χ2v) is 6.83. The van der Waals surface area contributed by atoms with Crippen LogP contribution in [0.1, 0.15) is 32.0 Å². The number of hydrogen-bond donors (Lipinski definition) is 1. The summed E-state index contributed by atoms with van der Waals surface area (Å²) in [7, 11) is 0. The van der Waals surface area contributed by atoms with Crippen LogP contribution in [0.25, 0.3) is 11.0 Å². The van der Waals surface area contributed by atoms with Gasteiger partial charge in [-0.3, -0.25) is 4.79 Å². The van der Waals surface area contributed by atoms with Gasteiger partial charge in [-0.05, 0) is 61.9 Å². The van der Waals surface area contributed by atoms with Crippen LogP contribution >= 0.6 is 0 Å². The van der Waals surface area contributed by atoms with E-state index in [0.29, 0.717) is 16.9 Å². The number of anilines is 1. The maximum absolute atomic E-state index is 12.5. The zero-order valence-corrected chi connectivity index (χ0v) is 16.1. The highest BCUT2D eigenvalue weighted by Crippen LogP contribution is 2.22. The lowest BCUT2D eigenvalue weighted by molar-refractivity contribution is 0.0704. The van der Waals surface area contributed by atoms with Gasteiger partial charge in [0.15, 0.2) is 0 Å². The molecule has 0 bridgehead atoms. The number of esters is 1. The highest BCUT2D eigenvalue weighted by atomic mass is 16.5. The topological polar surface area (TPSA) is 68.5 Å². The molecule has 0 saturated carbocycles. The molecule has 1 heterocycles. The molecule has 4 rings (SSSR count). The van der Waals surface area contributed by atoms with Crippen molar-refractivity contribution >= 4 is 28.5 Å². The van der Waals surface area contributed by atoms with E-state index in [2.05, 4.69) is 5.32 Å². The minimum atomic E-state index is -0.589. The van der Waals surface area contributed by atoms with E-state index >= 15 is 0 Å². The van der Waals surface area contributed by atoms with E-state index in [0.717, 1.165) is 22.2 Å². The molecule has 0 saturated heterocycles. The Morgan fingerprint density at radius 3 is 2.38 bits per heavy atom. The van der Waals surface area contributed by atoms with Crippen LogP contribution in [0.5, 0.6) is 5.75 Å². The molecular weight excluding hydrogens is 366 g/mol. The number of hydrogen-bond acceptors (Lipinski definition) is 4. The zero-order valence-electron chi connectivity index (χ0n) is 16.1. The van der Waals surface area contributed by atoms with E-state index in [1.807, 2.05) is 50.2 Å². The molecule has 5 nitrogen and oxygen atoms in total. The average Bonchev–Trinajstić information content (AvgIpc) is 3.15. The second-order valence-electron chi connectivity index (χ2n) is 6.83. The number of carbonyl (C=O) groups excluding carboxylic acids is 2. The van der Waals surface area contributed by atoms with E-state index in [4.69, 9.17) is 9.15 Å². The molecule has 0 aliphatic carbocycles. The Morgan fingerprint density at radius 2 is 1.66 bits per heavy atom. The number of rotatable bonds is 4. The van der Waals surface area contributed by atoms with Gasteiger partial charge in [0.25, 0.3) is 5.91 Å². The van der Waals surface area contributed by atoms with Crippen LogP contribution in [-0.2, 0) is 0 Å². The summed E-state index contributed by atoms with van der Waals surface area (Å²) in [5, 5.41) is 3.72. The molecule has 0 aliphatic rings. The van der Waals surface area contributed by atoms with Gasteiger partial charge < -0.3 is 14.5 Å². The standard InChI is InChI=1S/C24H19NO4/c1-15-7-12-20(16(2)13-15)25-23(26)17-8-10-19(11-9-17)28-24(27)22-14-18-5-3-4-6-21(18)29-22/h3-14H,1-2H3,(H,25,26). The van der Waals surface area contributed by atoms with Crippen LogP contribution in [0, 0.1) is 13.8 Å². The van der Waals surface area contributed by atoms with Gasteiger partial charge in [0, 0.05) is 16.6 Å². The largest absolute Gasteiger partial charge is 0.449 e. The van der Waals surface area contributed by atoms with Gasteiger partial charge in [-0.1, -0.05) is 35.9 Å². The molecule has 0 fully saturated rings. The molecule has 1 N–H and O–H groups in total. The Balaban J connectivity index is 1.44. The van der Waals surface area contributed by atoms with Gasteiger partial charge in [0.2, 0.25) is 5.76 Å². The number of carbonyl (C=O) groups is 2. The molecule has 29 heavy (non-hydrogen) atoms. The minimum absolute atomic E-state index is 0.128. The summed E-state index contributed by atoms with van der Waals surface area (Å²) >= 11 is 0. The van der Waals surface area contributed by atoms with Crippen LogP contribution in [0.3, 0.4) is 0 Å². The van der Waals surface area contributed by atoms with Crippen molar-refractivity contribution in [1.29, 1.82) is 0 Å². The zero-order chi connectivity index (χ0) is 20.4. The van der Waals surface area contributed by atoms with Crippen LogP contribution in [0.2, 0.25) is 0 Å². The van der Waals surface area contributed by atoms with Crippen LogP contribution < -0.4 is 10.1 Å². The first-order valence-electron chi connectivity index (χ1n) is 9.19. The van der Waals surface area contributed by atoms with Crippen molar-refractivity contribution in [3.8, 4) is 5.75 Å². The fourth-order valence-electron chi connectivity index (χ4n) is 3.06. The van der Waals surface area contributed by atoms with E-state index in [1.54, 1.807) is 36.4 Å². The van der Waals surface area contributed by atoms with Crippen molar-refractivity contribution < 1.29 is 18.7 Å². The van der Waals surface area contributed by atoms with E-state index < -0.39 is 5.97 Å². The Kier molecular flexibility index (Phi) is 4.87. The number of ether oxygens (including phenoxy) is 1. The summed E-state index contributed by atoms with van der Waals surface area (Å²) in [6.45, 7) is 3.95. The second kappa shape index (κ2) is 7.64. The van der Waals surface area contributed by atoms with Crippen molar-refractivity contribution in [2.24, 2.45) is 0 Å². The van der Waals surface area contributed by atoms with Gasteiger partial charge in [-0.2, -0.15) is 0 Å². The van der Waals surface area contributed by atoms with Gasteiger partial charge in [0.05, 0.1) is 0 Å². The van der Waals surface area contributed by atoms with Gasteiger partial charge in [0.1, 0.15) is 11.3 Å². The summed E-state index contributed by atoms with van der Waals surface area (Å²) in [5.41, 5.74) is 3.98. The van der Waals surface area contributed by atoms with E-state index in [-0.39, 0.29) is 11.7 Å². The Hall–Kier alpha value is -3.86. The van der Waals surface area contributed by atoms with Crippen molar-refractivity contribution in [1.82, 2.24) is 0 Å².